The minimum atomic E-state index is -0.343. The van der Waals surface area contributed by atoms with Gasteiger partial charge in [-0.15, -0.1) is 0 Å². The first kappa shape index (κ1) is 20.5. The lowest BCUT2D eigenvalue weighted by Crippen LogP contribution is -1.91. The molecule has 3 aromatic rings. The third-order valence-electron chi connectivity index (χ3n) is 4.80. The van der Waals surface area contributed by atoms with Crippen LogP contribution in [-0.2, 0) is 0 Å². The molecular formula is C27H24F2. The normalized spacial score (nSPS) is 11.8. The molecule has 0 saturated carbocycles. The molecule has 0 saturated heterocycles. The van der Waals surface area contributed by atoms with Crippen LogP contribution in [0.15, 0.2) is 91.0 Å². The monoisotopic (exact) mass is 386 g/mol. The first-order chi connectivity index (χ1) is 13.9. The van der Waals surface area contributed by atoms with Gasteiger partial charge < -0.3 is 0 Å². The van der Waals surface area contributed by atoms with E-state index in [0.29, 0.717) is 22.3 Å². The highest BCUT2D eigenvalue weighted by Crippen LogP contribution is 2.30. The molecule has 0 fully saturated rings. The van der Waals surface area contributed by atoms with E-state index >= 15 is 0 Å². The number of allylic oxidation sites excluding steroid dienone is 5. The maximum absolute atomic E-state index is 14.8. The van der Waals surface area contributed by atoms with Crippen LogP contribution in [0, 0.1) is 18.6 Å². The summed E-state index contributed by atoms with van der Waals surface area (Å²) in [5.74, 6) is -0.667. The molecule has 0 atom stereocenters. The molecule has 3 rings (SSSR count). The molecule has 2 heteroatoms. The molecule has 0 aliphatic rings. The minimum Gasteiger partial charge on any atom is -0.206 e. The van der Waals surface area contributed by atoms with Gasteiger partial charge in [-0.3, -0.25) is 0 Å². The lowest BCUT2D eigenvalue weighted by molar-refractivity contribution is 0.624. The van der Waals surface area contributed by atoms with E-state index in [1.54, 1.807) is 12.1 Å². The Kier molecular flexibility index (Phi) is 6.23. The van der Waals surface area contributed by atoms with E-state index in [1.165, 1.54) is 12.1 Å². The summed E-state index contributed by atoms with van der Waals surface area (Å²) >= 11 is 0. The van der Waals surface area contributed by atoms with Gasteiger partial charge in [-0.05, 0) is 55.2 Å². The van der Waals surface area contributed by atoms with Crippen LogP contribution in [-0.4, -0.2) is 0 Å². The fourth-order valence-corrected chi connectivity index (χ4v) is 3.16. The van der Waals surface area contributed by atoms with Crippen LogP contribution in [0.4, 0.5) is 8.78 Å². The molecule has 3 aromatic carbocycles. The van der Waals surface area contributed by atoms with Crippen LogP contribution >= 0.6 is 0 Å². The molecule has 0 spiro atoms. The first-order valence-corrected chi connectivity index (χ1v) is 9.56. The maximum Gasteiger partial charge on any atom is 0.131 e. The quantitative estimate of drug-likeness (QED) is 0.388. The molecule has 0 aliphatic heterocycles. The van der Waals surface area contributed by atoms with Crippen LogP contribution in [0.1, 0.15) is 25.0 Å². The van der Waals surface area contributed by atoms with Crippen molar-refractivity contribution in [2.45, 2.75) is 20.8 Å². The largest absolute Gasteiger partial charge is 0.206 e. The molecule has 0 amide bonds. The SMILES string of the molecule is C=C(C)/C=C\C(=C/C)c1ccc(-c2ccc(-c3ccc(C)cc3)c(F)c2)cc1F. The molecule has 0 aliphatic carbocycles. The predicted octanol–water partition coefficient (Wildman–Crippen LogP) is 8.14. The van der Waals surface area contributed by atoms with Crippen LogP contribution in [0.5, 0.6) is 0 Å². The molecular weight excluding hydrogens is 362 g/mol. The van der Waals surface area contributed by atoms with Crippen LogP contribution < -0.4 is 0 Å². The lowest BCUT2D eigenvalue weighted by atomic mass is 9.96. The Morgan fingerprint density at radius 3 is 1.93 bits per heavy atom. The van der Waals surface area contributed by atoms with E-state index in [0.717, 1.165) is 22.3 Å². The van der Waals surface area contributed by atoms with Crippen molar-refractivity contribution in [1.29, 1.82) is 0 Å². The topological polar surface area (TPSA) is 0 Å². The molecule has 146 valence electrons. The molecule has 0 bridgehead atoms. The molecule has 0 nitrogen and oxygen atoms in total. The van der Waals surface area contributed by atoms with Crippen LogP contribution in [0.2, 0.25) is 0 Å². The van der Waals surface area contributed by atoms with E-state index in [2.05, 4.69) is 6.58 Å². The van der Waals surface area contributed by atoms with Crippen LogP contribution in [0.25, 0.3) is 27.8 Å². The van der Waals surface area contributed by atoms with Crippen molar-refractivity contribution in [3.05, 3.63) is 114 Å². The van der Waals surface area contributed by atoms with E-state index in [-0.39, 0.29) is 11.6 Å². The summed E-state index contributed by atoms with van der Waals surface area (Å²) in [6.07, 6.45) is 5.55. The van der Waals surface area contributed by atoms with Gasteiger partial charge in [-0.1, -0.05) is 84.5 Å². The van der Waals surface area contributed by atoms with Gasteiger partial charge in [0.05, 0.1) is 0 Å². The van der Waals surface area contributed by atoms with Crippen molar-refractivity contribution in [1.82, 2.24) is 0 Å². The summed E-state index contributed by atoms with van der Waals surface area (Å²) in [4.78, 5) is 0. The van der Waals surface area contributed by atoms with Crippen molar-refractivity contribution >= 4 is 5.57 Å². The second kappa shape index (κ2) is 8.83. The van der Waals surface area contributed by atoms with Gasteiger partial charge >= 0.3 is 0 Å². The summed E-state index contributed by atoms with van der Waals surface area (Å²) in [7, 11) is 0. The number of rotatable bonds is 5. The van der Waals surface area contributed by atoms with Crippen molar-refractivity contribution in [2.24, 2.45) is 0 Å². The number of hydrogen-bond donors (Lipinski definition) is 0. The third-order valence-corrected chi connectivity index (χ3v) is 4.80. The molecule has 29 heavy (non-hydrogen) atoms. The summed E-state index contributed by atoms with van der Waals surface area (Å²) in [5, 5.41) is 0. The number of aryl methyl sites for hydroxylation is 1. The zero-order valence-corrected chi connectivity index (χ0v) is 17.0. The maximum atomic E-state index is 14.8. The average Bonchev–Trinajstić information content (AvgIpc) is 2.70. The highest BCUT2D eigenvalue weighted by atomic mass is 19.1. The van der Waals surface area contributed by atoms with E-state index in [9.17, 15) is 8.78 Å². The summed E-state index contributed by atoms with van der Waals surface area (Å²) in [6.45, 7) is 9.58. The molecule has 0 N–H and O–H groups in total. The molecule has 0 aromatic heterocycles. The predicted molar refractivity (Wildman–Crippen MR) is 120 cm³/mol. The molecule has 0 unspecified atom stereocenters. The minimum absolute atomic E-state index is 0.325. The highest BCUT2D eigenvalue weighted by Gasteiger charge is 2.11. The fourth-order valence-electron chi connectivity index (χ4n) is 3.16. The Morgan fingerprint density at radius 2 is 1.38 bits per heavy atom. The van der Waals surface area contributed by atoms with E-state index < -0.39 is 0 Å². The van der Waals surface area contributed by atoms with E-state index in [1.807, 2.05) is 75.4 Å². The Labute approximate surface area is 171 Å². The number of benzene rings is 3. The molecule has 0 heterocycles. The second-order valence-electron chi connectivity index (χ2n) is 7.18. The van der Waals surface area contributed by atoms with Crippen molar-refractivity contribution < 1.29 is 8.78 Å². The van der Waals surface area contributed by atoms with Crippen molar-refractivity contribution in [2.75, 3.05) is 0 Å². The Morgan fingerprint density at radius 1 is 0.793 bits per heavy atom. The second-order valence-corrected chi connectivity index (χ2v) is 7.18. The van der Waals surface area contributed by atoms with Gasteiger partial charge in [0, 0.05) is 11.1 Å². The zero-order chi connectivity index (χ0) is 21.0. The average molecular weight is 386 g/mol. The highest BCUT2D eigenvalue weighted by molar-refractivity contribution is 5.77. The summed E-state index contributed by atoms with van der Waals surface area (Å²) < 4.78 is 29.5. The summed E-state index contributed by atoms with van der Waals surface area (Å²) in [5.41, 5.74) is 5.94. The van der Waals surface area contributed by atoms with Gasteiger partial charge in [-0.2, -0.15) is 0 Å². The first-order valence-electron chi connectivity index (χ1n) is 9.56. The van der Waals surface area contributed by atoms with Gasteiger partial charge in [0.15, 0.2) is 0 Å². The van der Waals surface area contributed by atoms with Gasteiger partial charge in [0.25, 0.3) is 0 Å². The van der Waals surface area contributed by atoms with Crippen molar-refractivity contribution in [3.63, 3.8) is 0 Å². The van der Waals surface area contributed by atoms with Gasteiger partial charge in [0.1, 0.15) is 11.6 Å². The Hall–Kier alpha value is -3.26. The molecule has 0 radical (unpaired) electrons. The summed E-state index contributed by atoms with van der Waals surface area (Å²) in [6, 6.07) is 17.7. The van der Waals surface area contributed by atoms with Crippen molar-refractivity contribution in [3.8, 4) is 22.3 Å². The zero-order valence-electron chi connectivity index (χ0n) is 17.0. The van der Waals surface area contributed by atoms with Gasteiger partial charge in [-0.25, -0.2) is 8.78 Å². The number of hydrogen-bond acceptors (Lipinski definition) is 0. The lowest BCUT2D eigenvalue weighted by Gasteiger charge is -2.10. The third kappa shape index (κ3) is 4.78. The fraction of sp³-hybridized carbons (Fsp3) is 0.111. The van der Waals surface area contributed by atoms with E-state index in [4.69, 9.17) is 0 Å². The van der Waals surface area contributed by atoms with Crippen LogP contribution in [0.3, 0.4) is 0 Å². The van der Waals surface area contributed by atoms with Gasteiger partial charge in [0.2, 0.25) is 0 Å². The smallest absolute Gasteiger partial charge is 0.131 e. The number of halogens is 2. The Bertz CT molecular complexity index is 1100. The standard InChI is InChI=1S/C27H24F2/c1-5-20(9-6-18(2)3)24-14-12-22(16-26(24)28)23-13-15-25(27(29)17-23)21-10-7-19(4)8-11-21/h5-17H,2H2,1,3-4H3/b9-6-,20-5+. The Balaban J connectivity index is 1.93.